The molecule has 0 aliphatic carbocycles. The summed E-state index contributed by atoms with van der Waals surface area (Å²) in [4.78, 5) is 2.46. The van der Waals surface area contributed by atoms with Crippen LogP contribution in [-0.2, 0) is 0 Å². The minimum atomic E-state index is 0.445. The van der Waals surface area contributed by atoms with Crippen LogP contribution in [0.3, 0.4) is 0 Å². The molecule has 0 radical (unpaired) electrons. The second kappa shape index (κ2) is 6.39. The van der Waals surface area contributed by atoms with E-state index in [0.29, 0.717) is 5.41 Å². The largest absolute Gasteiger partial charge is 0.329 e. The van der Waals surface area contributed by atoms with Gasteiger partial charge in [-0.3, -0.25) is 0 Å². The quantitative estimate of drug-likeness (QED) is 0.688. The molecule has 0 atom stereocenters. The molecular formula is C11H26N2. The lowest BCUT2D eigenvalue weighted by atomic mass is 9.92. The van der Waals surface area contributed by atoms with E-state index in [1.165, 1.54) is 25.9 Å². The van der Waals surface area contributed by atoms with Gasteiger partial charge in [-0.05, 0) is 31.3 Å². The molecule has 0 rings (SSSR count). The molecule has 0 bridgehead atoms. The van der Waals surface area contributed by atoms with Crippen molar-refractivity contribution in [2.24, 2.45) is 11.1 Å². The Morgan fingerprint density at radius 3 is 2.08 bits per heavy atom. The molecule has 0 aliphatic heterocycles. The lowest BCUT2D eigenvalue weighted by Crippen LogP contribution is -2.32. The van der Waals surface area contributed by atoms with E-state index < -0.39 is 0 Å². The van der Waals surface area contributed by atoms with Crippen LogP contribution < -0.4 is 5.73 Å². The fourth-order valence-corrected chi connectivity index (χ4v) is 1.33. The van der Waals surface area contributed by atoms with Gasteiger partial charge in [-0.15, -0.1) is 0 Å². The highest BCUT2D eigenvalue weighted by molar-refractivity contribution is 4.66. The van der Waals surface area contributed by atoms with Crippen molar-refractivity contribution in [3.8, 4) is 0 Å². The smallest absolute Gasteiger partial charge is 0.0105 e. The van der Waals surface area contributed by atoms with Crippen LogP contribution in [0.1, 0.15) is 40.5 Å². The second-order valence-corrected chi connectivity index (χ2v) is 4.94. The lowest BCUT2D eigenvalue weighted by molar-refractivity contribution is 0.232. The highest BCUT2D eigenvalue weighted by Gasteiger charge is 2.12. The van der Waals surface area contributed by atoms with Gasteiger partial charge in [0, 0.05) is 13.1 Å². The van der Waals surface area contributed by atoms with Crippen LogP contribution in [0.25, 0.3) is 0 Å². The average Bonchev–Trinajstić information content (AvgIpc) is 2.00. The van der Waals surface area contributed by atoms with Gasteiger partial charge in [0.05, 0.1) is 0 Å². The predicted octanol–water partition coefficient (Wildman–Crippen LogP) is 2.09. The number of hydrogen-bond donors (Lipinski definition) is 1. The van der Waals surface area contributed by atoms with Crippen LogP contribution in [0.15, 0.2) is 0 Å². The van der Waals surface area contributed by atoms with E-state index >= 15 is 0 Å². The monoisotopic (exact) mass is 186 g/mol. The summed E-state index contributed by atoms with van der Waals surface area (Å²) in [6.45, 7) is 13.3. The van der Waals surface area contributed by atoms with Crippen molar-refractivity contribution in [1.82, 2.24) is 4.90 Å². The van der Waals surface area contributed by atoms with Gasteiger partial charge in [0.2, 0.25) is 0 Å². The van der Waals surface area contributed by atoms with Crippen molar-refractivity contribution >= 4 is 0 Å². The Morgan fingerprint density at radius 2 is 1.69 bits per heavy atom. The SMILES string of the molecule is CCCN(CCN)CCC(C)(C)C. The van der Waals surface area contributed by atoms with Gasteiger partial charge >= 0.3 is 0 Å². The molecule has 13 heavy (non-hydrogen) atoms. The summed E-state index contributed by atoms with van der Waals surface area (Å²) in [5.74, 6) is 0. The van der Waals surface area contributed by atoms with Gasteiger partial charge in [-0.2, -0.15) is 0 Å². The van der Waals surface area contributed by atoms with Crippen LogP contribution in [0.5, 0.6) is 0 Å². The van der Waals surface area contributed by atoms with Gasteiger partial charge in [0.25, 0.3) is 0 Å². The maximum absolute atomic E-state index is 5.56. The van der Waals surface area contributed by atoms with E-state index in [4.69, 9.17) is 5.73 Å². The molecule has 2 nitrogen and oxygen atoms in total. The molecule has 0 spiro atoms. The zero-order valence-corrected chi connectivity index (χ0v) is 9.77. The summed E-state index contributed by atoms with van der Waals surface area (Å²) in [5, 5.41) is 0. The Balaban J connectivity index is 3.68. The summed E-state index contributed by atoms with van der Waals surface area (Å²) < 4.78 is 0. The van der Waals surface area contributed by atoms with Crippen LogP contribution in [0.4, 0.5) is 0 Å². The Hall–Kier alpha value is -0.0800. The summed E-state index contributed by atoms with van der Waals surface area (Å²) in [7, 11) is 0. The first kappa shape index (κ1) is 12.9. The van der Waals surface area contributed by atoms with Gasteiger partial charge in [0.1, 0.15) is 0 Å². The normalized spacial score (nSPS) is 12.5. The molecule has 0 amide bonds. The van der Waals surface area contributed by atoms with E-state index in [2.05, 4.69) is 32.6 Å². The van der Waals surface area contributed by atoms with E-state index in [9.17, 15) is 0 Å². The lowest BCUT2D eigenvalue weighted by Gasteiger charge is -2.25. The maximum atomic E-state index is 5.56. The molecule has 0 saturated carbocycles. The van der Waals surface area contributed by atoms with E-state index in [1.54, 1.807) is 0 Å². The molecule has 0 heterocycles. The van der Waals surface area contributed by atoms with Crippen LogP contribution >= 0.6 is 0 Å². The Labute approximate surface area is 83.5 Å². The molecule has 0 aliphatic rings. The minimum absolute atomic E-state index is 0.445. The van der Waals surface area contributed by atoms with E-state index in [0.717, 1.165) is 13.1 Å². The van der Waals surface area contributed by atoms with Crippen molar-refractivity contribution < 1.29 is 0 Å². The van der Waals surface area contributed by atoms with Gasteiger partial charge < -0.3 is 10.6 Å². The molecule has 0 unspecified atom stereocenters. The molecule has 0 saturated heterocycles. The summed E-state index contributed by atoms with van der Waals surface area (Å²) in [6, 6.07) is 0. The molecule has 0 aromatic carbocycles. The van der Waals surface area contributed by atoms with Crippen LogP contribution in [0, 0.1) is 5.41 Å². The van der Waals surface area contributed by atoms with Crippen molar-refractivity contribution in [1.29, 1.82) is 0 Å². The van der Waals surface area contributed by atoms with Crippen molar-refractivity contribution in [3.05, 3.63) is 0 Å². The topological polar surface area (TPSA) is 29.3 Å². The average molecular weight is 186 g/mol. The van der Waals surface area contributed by atoms with E-state index in [1.807, 2.05) is 0 Å². The van der Waals surface area contributed by atoms with Crippen LogP contribution in [-0.4, -0.2) is 31.1 Å². The van der Waals surface area contributed by atoms with Crippen LogP contribution in [0.2, 0.25) is 0 Å². The highest BCUT2D eigenvalue weighted by Crippen LogP contribution is 2.18. The zero-order chi connectivity index (χ0) is 10.3. The summed E-state index contributed by atoms with van der Waals surface area (Å²) >= 11 is 0. The third-order valence-electron chi connectivity index (χ3n) is 2.16. The van der Waals surface area contributed by atoms with Crippen molar-refractivity contribution in [2.75, 3.05) is 26.2 Å². The zero-order valence-electron chi connectivity index (χ0n) is 9.77. The Kier molecular flexibility index (Phi) is 6.35. The molecule has 0 aromatic rings. The first-order valence-electron chi connectivity index (χ1n) is 5.42. The number of rotatable bonds is 6. The molecule has 0 fully saturated rings. The Bertz CT molecular complexity index is 110. The first-order chi connectivity index (χ1) is 5.99. The van der Waals surface area contributed by atoms with Gasteiger partial charge in [-0.1, -0.05) is 27.7 Å². The third-order valence-corrected chi connectivity index (χ3v) is 2.16. The molecule has 80 valence electrons. The standard InChI is InChI=1S/C11H26N2/c1-5-8-13(10-7-12)9-6-11(2,3)4/h5-10,12H2,1-4H3. The van der Waals surface area contributed by atoms with Gasteiger partial charge in [0.15, 0.2) is 0 Å². The molecule has 0 aromatic heterocycles. The van der Waals surface area contributed by atoms with Gasteiger partial charge in [-0.25, -0.2) is 0 Å². The van der Waals surface area contributed by atoms with Crippen molar-refractivity contribution in [3.63, 3.8) is 0 Å². The summed E-state index contributed by atoms with van der Waals surface area (Å²) in [5.41, 5.74) is 6.00. The fraction of sp³-hybridized carbons (Fsp3) is 1.00. The molecule has 2 N–H and O–H groups in total. The Morgan fingerprint density at radius 1 is 1.08 bits per heavy atom. The number of nitrogens with zero attached hydrogens (tertiary/aromatic N) is 1. The second-order valence-electron chi connectivity index (χ2n) is 4.94. The number of hydrogen-bond acceptors (Lipinski definition) is 2. The summed E-state index contributed by atoms with van der Waals surface area (Å²) in [6.07, 6.45) is 2.48. The van der Waals surface area contributed by atoms with Crippen molar-refractivity contribution in [2.45, 2.75) is 40.5 Å². The third kappa shape index (κ3) is 8.26. The highest BCUT2D eigenvalue weighted by atomic mass is 15.1. The number of nitrogens with two attached hydrogens (primary N) is 1. The predicted molar refractivity (Wildman–Crippen MR) is 59.9 cm³/mol. The first-order valence-corrected chi connectivity index (χ1v) is 5.42. The molecular weight excluding hydrogens is 160 g/mol. The maximum Gasteiger partial charge on any atom is 0.0105 e. The van der Waals surface area contributed by atoms with E-state index in [-0.39, 0.29) is 0 Å². The minimum Gasteiger partial charge on any atom is -0.329 e. The molecule has 2 heteroatoms. The fourth-order valence-electron chi connectivity index (χ4n) is 1.33.